The monoisotopic (exact) mass is 238 g/mol. The van der Waals surface area contributed by atoms with Gasteiger partial charge in [-0.25, -0.2) is 4.79 Å². The molecular weight excluding hydrogens is 229 g/mol. The minimum Gasteiger partial charge on any atom is -0.466 e. The molecule has 0 aromatic carbocycles. The fraction of sp³-hybridized carbons (Fsp3) is 0.500. The minimum atomic E-state index is -4.84. The van der Waals surface area contributed by atoms with Crippen LogP contribution >= 0.6 is 0 Å². The lowest BCUT2D eigenvalue weighted by Crippen LogP contribution is -2.25. The number of hydrogen-bond acceptors (Lipinski definition) is 3. The van der Waals surface area contributed by atoms with Gasteiger partial charge < -0.3 is 15.0 Å². The average molecular weight is 238 g/mol. The van der Waals surface area contributed by atoms with E-state index in [1.165, 1.54) is 0 Å². The summed E-state index contributed by atoms with van der Waals surface area (Å²) in [5, 5.41) is 0. The number of esters is 1. The van der Waals surface area contributed by atoms with Crippen molar-refractivity contribution in [2.24, 2.45) is 0 Å². The molecule has 0 aliphatic rings. The molecule has 16 heavy (non-hydrogen) atoms. The highest BCUT2D eigenvalue weighted by Gasteiger charge is 2.42. The minimum absolute atomic E-state index is 0.189. The summed E-state index contributed by atoms with van der Waals surface area (Å²) >= 11 is 0. The first-order valence-electron chi connectivity index (χ1n) is 3.93. The van der Waals surface area contributed by atoms with Crippen molar-refractivity contribution < 1.29 is 32.2 Å². The van der Waals surface area contributed by atoms with Crippen LogP contribution in [0.2, 0.25) is 0 Å². The summed E-state index contributed by atoms with van der Waals surface area (Å²) in [6.45, 7) is -0.584. The number of carbonyl (C=O) groups excluding carboxylic acids is 1. The van der Waals surface area contributed by atoms with Gasteiger partial charge in [-0.3, -0.25) is 0 Å². The molecule has 0 aromatic rings. The van der Waals surface area contributed by atoms with E-state index in [1.54, 1.807) is 0 Å². The van der Waals surface area contributed by atoms with Crippen LogP contribution in [0.4, 0.5) is 13.2 Å². The lowest BCUT2D eigenvalue weighted by Gasteiger charge is -2.06. The molecule has 0 bridgehead atoms. The van der Waals surface area contributed by atoms with E-state index in [0.717, 1.165) is 14.2 Å². The quantitative estimate of drug-likeness (QED) is 0.241. The highest BCUT2D eigenvalue weighted by molar-refractivity contribution is 6.02. The molecule has 5 nitrogen and oxygen atoms in total. The lowest BCUT2D eigenvalue weighted by atomic mass is 10.1. The first kappa shape index (κ1) is 14.3. The Morgan fingerprint density at radius 2 is 2.00 bits per heavy atom. The van der Waals surface area contributed by atoms with Gasteiger partial charge in [-0.15, -0.1) is 0 Å². The molecule has 0 saturated heterocycles. The average Bonchev–Trinajstić information content (AvgIpc) is 2.21. The summed E-state index contributed by atoms with van der Waals surface area (Å²) in [5.74, 6) is -1.20. The molecule has 0 heterocycles. The predicted octanol–water partition coefficient (Wildman–Crippen LogP) is 0.965. The van der Waals surface area contributed by atoms with Crippen LogP contribution in [0, 0.1) is 0 Å². The highest BCUT2D eigenvalue weighted by Crippen LogP contribution is 2.26. The van der Waals surface area contributed by atoms with Crippen molar-refractivity contribution in [2.75, 3.05) is 20.8 Å². The maximum Gasteiger partial charge on any atom is 0.423 e. The van der Waals surface area contributed by atoms with Crippen molar-refractivity contribution in [2.45, 2.75) is 6.18 Å². The van der Waals surface area contributed by atoms with Crippen LogP contribution in [0.25, 0.3) is 5.53 Å². The van der Waals surface area contributed by atoms with E-state index in [4.69, 9.17) is 5.53 Å². The van der Waals surface area contributed by atoms with Gasteiger partial charge in [0.1, 0.15) is 12.2 Å². The normalized spacial score (nSPS) is 11.9. The van der Waals surface area contributed by atoms with Crippen molar-refractivity contribution >= 4 is 11.7 Å². The van der Waals surface area contributed by atoms with Crippen LogP contribution < -0.4 is 0 Å². The SMILES string of the molecule is COCC(=[N+]=[N-])/C(=C/C(=O)OC)C(F)(F)F. The molecule has 0 amide bonds. The Balaban J connectivity index is 5.34. The first-order valence-corrected chi connectivity index (χ1v) is 3.93. The second kappa shape index (κ2) is 6.04. The van der Waals surface area contributed by atoms with Crippen LogP contribution in [0.3, 0.4) is 0 Å². The molecule has 0 aromatic heterocycles. The highest BCUT2D eigenvalue weighted by atomic mass is 19.4. The number of ether oxygens (including phenoxy) is 2. The van der Waals surface area contributed by atoms with Gasteiger partial charge in [-0.05, 0) is 0 Å². The third-order valence-electron chi connectivity index (χ3n) is 1.48. The zero-order valence-corrected chi connectivity index (χ0v) is 8.54. The second-order valence-corrected chi connectivity index (χ2v) is 2.56. The number of hydrogen-bond donors (Lipinski definition) is 0. The van der Waals surface area contributed by atoms with Crippen molar-refractivity contribution in [3.8, 4) is 0 Å². The van der Waals surface area contributed by atoms with Crippen molar-refractivity contribution in [3.63, 3.8) is 0 Å². The van der Waals surface area contributed by atoms with Crippen LogP contribution in [-0.2, 0) is 14.3 Å². The standard InChI is InChI=1S/C8H9F3N2O3/c1-15-4-6(13-12)5(8(9,10)11)3-7(14)16-2/h3H,4H2,1-2H3/b5-3-. The Labute approximate surface area is 89.1 Å². The van der Waals surface area contributed by atoms with Gasteiger partial charge in [0.05, 0.1) is 7.11 Å². The molecule has 0 unspecified atom stereocenters. The summed E-state index contributed by atoms with van der Waals surface area (Å²) in [7, 11) is 2.05. The zero-order chi connectivity index (χ0) is 12.8. The van der Waals surface area contributed by atoms with Gasteiger partial charge in [0.15, 0.2) is 0 Å². The number of carbonyl (C=O) groups is 1. The van der Waals surface area contributed by atoms with Gasteiger partial charge in [0, 0.05) is 13.2 Å². The topological polar surface area (TPSA) is 71.9 Å². The molecule has 8 heteroatoms. The van der Waals surface area contributed by atoms with E-state index in [1.807, 2.05) is 0 Å². The number of alkyl halides is 3. The molecule has 0 saturated carbocycles. The Kier molecular flexibility index (Phi) is 5.41. The summed E-state index contributed by atoms with van der Waals surface area (Å²) in [6, 6.07) is 0. The van der Waals surface area contributed by atoms with Gasteiger partial charge >= 0.3 is 17.9 Å². The molecule has 0 aliphatic heterocycles. The van der Waals surface area contributed by atoms with E-state index in [9.17, 15) is 18.0 Å². The van der Waals surface area contributed by atoms with Crippen molar-refractivity contribution in [1.29, 1.82) is 0 Å². The summed E-state index contributed by atoms with van der Waals surface area (Å²) < 4.78 is 45.8. The molecule has 0 fully saturated rings. The van der Waals surface area contributed by atoms with Crippen molar-refractivity contribution in [1.82, 2.24) is 0 Å². The molecule has 0 rings (SSSR count). The molecule has 0 aliphatic carbocycles. The molecule has 90 valence electrons. The lowest BCUT2D eigenvalue weighted by molar-refractivity contribution is -0.136. The Morgan fingerprint density at radius 1 is 1.44 bits per heavy atom. The van der Waals surface area contributed by atoms with E-state index < -0.39 is 30.0 Å². The van der Waals surface area contributed by atoms with E-state index in [0.29, 0.717) is 0 Å². The van der Waals surface area contributed by atoms with Crippen LogP contribution in [0.5, 0.6) is 0 Å². The molecular formula is C8H9F3N2O3. The molecule has 0 spiro atoms. The first-order chi connectivity index (χ1) is 7.36. The fourth-order valence-corrected chi connectivity index (χ4v) is 0.803. The van der Waals surface area contributed by atoms with Gasteiger partial charge in [-0.1, -0.05) is 0 Å². The third-order valence-corrected chi connectivity index (χ3v) is 1.48. The van der Waals surface area contributed by atoms with E-state index >= 15 is 0 Å². The molecule has 0 atom stereocenters. The number of methoxy groups -OCH3 is 2. The number of nitrogens with zero attached hydrogens (tertiary/aromatic N) is 2. The largest absolute Gasteiger partial charge is 0.466 e. The summed E-state index contributed by atoms with van der Waals surface area (Å²) in [4.78, 5) is 13.1. The number of rotatable bonds is 4. The predicted molar refractivity (Wildman–Crippen MR) is 46.7 cm³/mol. The smallest absolute Gasteiger partial charge is 0.423 e. The third kappa shape index (κ3) is 4.24. The number of halogens is 3. The second-order valence-electron chi connectivity index (χ2n) is 2.56. The Bertz CT molecular complexity index is 343. The van der Waals surface area contributed by atoms with E-state index in [-0.39, 0.29) is 6.08 Å². The maximum absolute atomic E-state index is 12.5. The molecule has 0 N–H and O–H groups in total. The summed E-state index contributed by atoms with van der Waals surface area (Å²) in [6.07, 6.45) is -4.65. The van der Waals surface area contributed by atoms with Crippen molar-refractivity contribution in [3.05, 3.63) is 17.2 Å². The van der Waals surface area contributed by atoms with Gasteiger partial charge in [-0.2, -0.15) is 18.0 Å². The Morgan fingerprint density at radius 3 is 2.31 bits per heavy atom. The fourth-order valence-electron chi connectivity index (χ4n) is 0.803. The van der Waals surface area contributed by atoms with Crippen LogP contribution in [0.1, 0.15) is 0 Å². The van der Waals surface area contributed by atoms with E-state index in [2.05, 4.69) is 14.3 Å². The molecule has 0 radical (unpaired) electrons. The van der Waals surface area contributed by atoms with Crippen LogP contribution in [0.15, 0.2) is 11.6 Å². The van der Waals surface area contributed by atoms with Gasteiger partial charge in [0.25, 0.3) is 0 Å². The van der Waals surface area contributed by atoms with Gasteiger partial charge in [0.2, 0.25) is 0 Å². The maximum atomic E-state index is 12.5. The zero-order valence-electron chi connectivity index (χ0n) is 8.54. The summed E-state index contributed by atoms with van der Waals surface area (Å²) in [5.41, 5.74) is 6.17. The Hall–Kier alpha value is -1.66. The van der Waals surface area contributed by atoms with Crippen LogP contribution in [-0.4, -0.2) is 43.5 Å².